The zero-order valence-corrected chi connectivity index (χ0v) is 10.6. The molecular formula is C11H12N4O2S. The Bertz CT molecular complexity index is 556. The number of hydrogen-bond donors (Lipinski definition) is 1. The van der Waals surface area contributed by atoms with Crippen molar-refractivity contribution in [1.82, 2.24) is 14.9 Å². The van der Waals surface area contributed by atoms with E-state index in [1.165, 1.54) is 22.8 Å². The second kappa shape index (κ2) is 5.54. The minimum absolute atomic E-state index is 0.598. The first-order chi connectivity index (χ1) is 8.74. The first-order valence-electron chi connectivity index (χ1n) is 5.14. The van der Waals surface area contributed by atoms with Gasteiger partial charge in [-0.05, 0) is 18.2 Å². The van der Waals surface area contributed by atoms with Crippen LogP contribution in [0.4, 0.5) is 0 Å². The fraction of sp³-hybridized carbons (Fsp3) is 0.182. The maximum atomic E-state index is 10.8. The van der Waals surface area contributed by atoms with Gasteiger partial charge >= 0.3 is 0 Å². The van der Waals surface area contributed by atoms with Gasteiger partial charge in [-0.3, -0.25) is 4.79 Å². The quantitative estimate of drug-likeness (QED) is 0.495. The van der Waals surface area contributed by atoms with Gasteiger partial charge in [-0.2, -0.15) is 0 Å². The smallest absolute Gasteiger partial charge is 0.209 e. The molecule has 0 radical (unpaired) electrons. The van der Waals surface area contributed by atoms with Crippen LogP contribution in [-0.2, 0) is 5.75 Å². The molecule has 1 heterocycles. The Morgan fingerprint density at radius 3 is 3.00 bits per heavy atom. The van der Waals surface area contributed by atoms with E-state index in [0.29, 0.717) is 16.5 Å². The van der Waals surface area contributed by atoms with Gasteiger partial charge in [0.2, 0.25) is 5.16 Å². The fourth-order valence-corrected chi connectivity index (χ4v) is 2.27. The number of nitrogens with zero attached hydrogens (tertiary/aromatic N) is 3. The second-order valence-electron chi connectivity index (χ2n) is 3.50. The number of methoxy groups -OCH3 is 1. The predicted molar refractivity (Wildman–Crippen MR) is 68.1 cm³/mol. The zero-order valence-electron chi connectivity index (χ0n) is 9.74. The lowest BCUT2D eigenvalue weighted by molar-refractivity contribution is 0.112. The molecule has 0 aliphatic heterocycles. The average Bonchev–Trinajstić information content (AvgIpc) is 2.81. The van der Waals surface area contributed by atoms with Gasteiger partial charge in [-0.1, -0.05) is 11.8 Å². The molecule has 0 fully saturated rings. The van der Waals surface area contributed by atoms with Gasteiger partial charge in [-0.25, -0.2) is 4.68 Å². The number of rotatable bonds is 5. The number of benzene rings is 1. The van der Waals surface area contributed by atoms with Gasteiger partial charge in [0.1, 0.15) is 18.4 Å². The summed E-state index contributed by atoms with van der Waals surface area (Å²) < 4.78 is 6.59. The largest absolute Gasteiger partial charge is 0.496 e. The highest BCUT2D eigenvalue weighted by atomic mass is 32.2. The number of aldehydes is 1. The highest BCUT2D eigenvalue weighted by molar-refractivity contribution is 7.98. The Labute approximate surface area is 108 Å². The Kier molecular flexibility index (Phi) is 3.83. The molecule has 0 spiro atoms. The van der Waals surface area contributed by atoms with E-state index in [2.05, 4.69) is 10.2 Å². The first-order valence-corrected chi connectivity index (χ1v) is 6.13. The number of aromatic nitrogens is 3. The molecule has 0 atom stereocenters. The molecule has 2 N–H and O–H groups in total. The number of thioether (sulfide) groups is 1. The molecule has 0 aliphatic carbocycles. The van der Waals surface area contributed by atoms with E-state index in [1.54, 1.807) is 25.3 Å². The molecule has 2 rings (SSSR count). The summed E-state index contributed by atoms with van der Waals surface area (Å²) in [6.45, 7) is 0. The number of nitrogen functional groups attached to an aromatic ring is 1. The Morgan fingerprint density at radius 1 is 1.56 bits per heavy atom. The summed E-state index contributed by atoms with van der Waals surface area (Å²) in [6, 6.07) is 5.27. The third-order valence-electron chi connectivity index (χ3n) is 2.34. The van der Waals surface area contributed by atoms with E-state index in [0.717, 1.165) is 17.6 Å². The monoisotopic (exact) mass is 264 g/mol. The Hall–Kier alpha value is -2.02. The van der Waals surface area contributed by atoms with Crippen LogP contribution in [-0.4, -0.2) is 28.3 Å². The topological polar surface area (TPSA) is 83.0 Å². The number of nitrogens with two attached hydrogens (primary N) is 1. The summed E-state index contributed by atoms with van der Waals surface area (Å²) in [7, 11) is 1.59. The minimum atomic E-state index is 0.598. The van der Waals surface area contributed by atoms with Crippen LogP contribution in [0.25, 0.3) is 0 Å². The molecule has 7 heteroatoms. The lowest BCUT2D eigenvalue weighted by Gasteiger charge is -2.08. The van der Waals surface area contributed by atoms with Gasteiger partial charge in [0.05, 0.1) is 7.11 Å². The van der Waals surface area contributed by atoms with Crippen LogP contribution >= 0.6 is 11.8 Å². The summed E-state index contributed by atoms with van der Waals surface area (Å²) in [4.78, 5) is 10.8. The maximum absolute atomic E-state index is 10.8. The SMILES string of the molecule is COc1ccc(C=O)cc1CSc1nncn1N. The van der Waals surface area contributed by atoms with Crippen LogP contribution in [0.1, 0.15) is 15.9 Å². The summed E-state index contributed by atoms with van der Waals surface area (Å²) in [5.74, 6) is 6.95. The molecule has 0 saturated heterocycles. The third kappa shape index (κ3) is 2.62. The van der Waals surface area contributed by atoms with Gasteiger partial charge in [0.25, 0.3) is 0 Å². The van der Waals surface area contributed by atoms with Crippen LogP contribution in [0.3, 0.4) is 0 Å². The van der Waals surface area contributed by atoms with Crippen LogP contribution in [0.2, 0.25) is 0 Å². The molecule has 0 amide bonds. The van der Waals surface area contributed by atoms with Crippen molar-refractivity contribution in [2.75, 3.05) is 13.0 Å². The summed E-state index contributed by atoms with van der Waals surface area (Å²) in [5, 5.41) is 8.16. The lowest BCUT2D eigenvalue weighted by atomic mass is 10.1. The predicted octanol–water partition coefficient (Wildman–Crippen LogP) is 1.11. The number of carbonyl (C=O) groups is 1. The van der Waals surface area contributed by atoms with Crippen molar-refractivity contribution in [3.63, 3.8) is 0 Å². The zero-order chi connectivity index (χ0) is 13.0. The average molecular weight is 264 g/mol. The van der Waals surface area contributed by atoms with E-state index >= 15 is 0 Å². The normalized spacial score (nSPS) is 10.3. The number of hydrogen-bond acceptors (Lipinski definition) is 6. The van der Waals surface area contributed by atoms with E-state index < -0.39 is 0 Å². The van der Waals surface area contributed by atoms with E-state index in [1.807, 2.05) is 0 Å². The molecule has 18 heavy (non-hydrogen) atoms. The minimum Gasteiger partial charge on any atom is -0.496 e. The molecule has 0 unspecified atom stereocenters. The van der Waals surface area contributed by atoms with Gasteiger partial charge in [0, 0.05) is 16.9 Å². The lowest BCUT2D eigenvalue weighted by Crippen LogP contribution is -2.07. The van der Waals surface area contributed by atoms with Crippen molar-refractivity contribution < 1.29 is 9.53 Å². The molecule has 1 aromatic carbocycles. The van der Waals surface area contributed by atoms with Gasteiger partial charge in [0.15, 0.2) is 0 Å². The molecule has 0 saturated carbocycles. The number of carbonyl (C=O) groups excluding carboxylic acids is 1. The summed E-state index contributed by atoms with van der Waals surface area (Å²) in [6.07, 6.45) is 2.24. The van der Waals surface area contributed by atoms with Crippen molar-refractivity contribution in [2.24, 2.45) is 0 Å². The van der Waals surface area contributed by atoms with Gasteiger partial charge in [-0.15, -0.1) is 10.2 Å². The van der Waals surface area contributed by atoms with Crippen molar-refractivity contribution in [1.29, 1.82) is 0 Å². The van der Waals surface area contributed by atoms with E-state index in [-0.39, 0.29) is 0 Å². The highest BCUT2D eigenvalue weighted by Gasteiger charge is 2.08. The van der Waals surface area contributed by atoms with Crippen LogP contribution in [0.15, 0.2) is 29.7 Å². The molecule has 94 valence electrons. The van der Waals surface area contributed by atoms with E-state index in [9.17, 15) is 4.79 Å². The number of ether oxygens (including phenoxy) is 1. The van der Waals surface area contributed by atoms with Crippen LogP contribution in [0.5, 0.6) is 5.75 Å². The summed E-state index contributed by atoms with van der Waals surface area (Å²) in [5.41, 5.74) is 1.52. The first kappa shape index (κ1) is 12.4. The third-order valence-corrected chi connectivity index (χ3v) is 3.34. The maximum Gasteiger partial charge on any atom is 0.209 e. The van der Waals surface area contributed by atoms with E-state index in [4.69, 9.17) is 10.6 Å². The van der Waals surface area contributed by atoms with Crippen LogP contribution < -0.4 is 10.6 Å². The van der Waals surface area contributed by atoms with Crippen molar-refractivity contribution >= 4 is 18.0 Å². The Morgan fingerprint density at radius 2 is 2.39 bits per heavy atom. The molecule has 0 aliphatic rings. The molecule has 1 aromatic heterocycles. The molecule has 6 nitrogen and oxygen atoms in total. The standard InChI is InChI=1S/C11H12N4O2S/c1-17-10-3-2-8(5-16)4-9(10)6-18-11-14-13-7-15(11)12/h2-5,7H,6,12H2,1H3. The second-order valence-corrected chi connectivity index (χ2v) is 4.44. The highest BCUT2D eigenvalue weighted by Crippen LogP contribution is 2.26. The Balaban J connectivity index is 2.17. The van der Waals surface area contributed by atoms with Crippen molar-refractivity contribution in [3.8, 4) is 5.75 Å². The molecular weight excluding hydrogens is 252 g/mol. The van der Waals surface area contributed by atoms with Crippen LogP contribution in [0, 0.1) is 0 Å². The fourth-order valence-electron chi connectivity index (χ4n) is 1.46. The van der Waals surface area contributed by atoms with Gasteiger partial charge < -0.3 is 10.6 Å². The van der Waals surface area contributed by atoms with Crippen molar-refractivity contribution in [2.45, 2.75) is 10.9 Å². The molecule has 0 bridgehead atoms. The summed E-state index contributed by atoms with van der Waals surface area (Å²) >= 11 is 1.42. The molecule has 2 aromatic rings. The van der Waals surface area contributed by atoms with Crippen molar-refractivity contribution in [3.05, 3.63) is 35.7 Å².